The molecule has 0 saturated heterocycles. The lowest BCUT2D eigenvalue weighted by atomic mass is 10.00. The number of halogens is 1. The summed E-state index contributed by atoms with van der Waals surface area (Å²) in [5, 5.41) is 0. The van der Waals surface area contributed by atoms with Crippen molar-refractivity contribution in [2.24, 2.45) is 17.6 Å². The molecule has 1 aromatic carbocycles. The molecule has 0 fully saturated rings. The molecule has 2 N–H and O–H groups in total. The SMILES string of the molecule is CC(C)CC(C)COc1cccc(F)c1CN. The summed E-state index contributed by atoms with van der Waals surface area (Å²) < 4.78 is 19.1. The zero-order valence-electron chi connectivity index (χ0n) is 10.9. The largest absolute Gasteiger partial charge is 0.493 e. The first kappa shape index (κ1) is 14.0. The Morgan fingerprint density at radius 3 is 2.59 bits per heavy atom. The van der Waals surface area contributed by atoms with Gasteiger partial charge in [-0.05, 0) is 30.4 Å². The third-order valence-corrected chi connectivity index (χ3v) is 2.68. The first-order valence-corrected chi connectivity index (χ1v) is 6.14. The van der Waals surface area contributed by atoms with Gasteiger partial charge in [0.1, 0.15) is 11.6 Å². The van der Waals surface area contributed by atoms with Crippen LogP contribution in [-0.2, 0) is 6.54 Å². The molecule has 1 aromatic rings. The minimum Gasteiger partial charge on any atom is -0.493 e. The van der Waals surface area contributed by atoms with Crippen LogP contribution < -0.4 is 10.5 Å². The Kier molecular flexibility index (Phi) is 5.42. The molecular weight excluding hydrogens is 217 g/mol. The van der Waals surface area contributed by atoms with Crippen LogP contribution in [0.5, 0.6) is 5.75 Å². The lowest BCUT2D eigenvalue weighted by Crippen LogP contribution is -2.13. The molecule has 0 spiro atoms. The molecule has 0 saturated carbocycles. The van der Waals surface area contributed by atoms with E-state index in [1.54, 1.807) is 12.1 Å². The van der Waals surface area contributed by atoms with Crippen LogP contribution in [0.2, 0.25) is 0 Å². The van der Waals surface area contributed by atoms with Gasteiger partial charge >= 0.3 is 0 Å². The molecule has 1 atom stereocenters. The molecule has 0 aliphatic rings. The van der Waals surface area contributed by atoms with Gasteiger partial charge in [0.05, 0.1) is 6.61 Å². The van der Waals surface area contributed by atoms with Gasteiger partial charge in [-0.15, -0.1) is 0 Å². The summed E-state index contributed by atoms with van der Waals surface area (Å²) in [6, 6.07) is 4.83. The van der Waals surface area contributed by atoms with Crippen molar-refractivity contribution < 1.29 is 9.13 Å². The zero-order chi connectivity index (χ0) is 12.8. The van der Waals surface area contributed by atoms with Crippen LogP contribution in [0.4, 0.5) is 4.39 Å². The van der Waals surface area contributed by atoms with Crippen molar-refractivity contribution in [2.45, 2.75) is 33.7 Å². The minimum absolute atomic E-state index is 0.167. The Morgan fingerprint density at radius 2 is 2.00 bits per heavy atom. The van der Waals surface area contributed by atoms with Crippen LogP contribution in [-0.4, -0.2) is 6.61 Å². The molecule has 0 aliphatic carbocycles. The van der Waals surface area contributed by atoms with E-state index < -0.39 is 0 Å². The summed E-state index contributed by atoms with van der Waals surface area (Å²) >= 11 is 0. The van der Waals surface area contributed by atoms with Crippen molar-refractivity contribution in [3.8, 4) is 5.75 Å². The molecule has 1 rings (SSSR count). The van der Waals surface area contributed by atoms with E-state index in [-0.39, 0.29) is 12.4 Å². The lowest BCUT2D eigenvalue weighted by molar-refractivity contribution is 0.236. The summed E-state index contributed by atoms with van der Waals surface area (Å²) in [5.74, 6) is 1.39. The number of rotatable bonds is 6. The Labute approximate surface area is 103 Å². The van der Waals surface area contributed by atoms with Crippen LogP contribution in [0.3, 0.4) is 0 Å². The maximum absolute atomic E-state index is 13.4. The molecule has 0 radical (unpaired) electrons. The average molecular weight is 239 g/mol. The van der Waals surface area contributed by atoms with E-state index in [0.29, 0.717) is 29.8 Å². The normalized spacial score (nSPS) is 12.8. The first-order valence-electron chi connectivity index (χ1n) is 6.14. The minimum atomic E-state index is -0.290. The van der Waals surface area contributed by atoms with Crippen molar-refractivity contribution in [1.29, 1.82) is 0 Å². The molecule has 0 aliphatic heterocycles. The highest BCUT2D eigenvalue weighted by molar-refractivity contribution is 5.34. The molecule has 0 bridgehead atoms. The standard InChI is InChI=1S/C14H22FNO/c1-10(2)7-11(3)9-17-14-6-4-5-13(15)12(14)8-16/h4-6,10-11H,7-9,16H2,1-3H3. The highest BCUT2D eigenvalue weighted by Gasteiger charge is 2.10. The number of nitrogens with two attached hydrogens (primary N) is 1. The predicted octanol–water partition coefficient (Wildman–Crippen LogP) is 3.35. The van der Waals surface area contributed by atoms with E-state index in [9.17, 15) is 4.39 Å². The Bertz CT molecular complexity index is 352. The fourth-order valence-electron chi connectivity index (χ4n) is 1.98. The molecule has 0 aromatic heterocycles. The van der Waals surface area contributed by atoms with Gasteiger partial charge in [-0.2, -0.15) is 0 Å². The summed E-state index contributed by atoms with van der Waals surface area (Å²) in [4.78, 5) is 0. The highest BCUT2D eigenvalue weighted by Crippen LogP contribution is 2.22. The molecule has 96 valence electrons. The molecule has 3 heteroatoms. The average Bonchev–Trinajstić information content (AvgIpc) is 2.25. The van der Waals surface area contributed by atoms with Crippen LogP contribution in [0.25, 0.3) is 0 Å². The van der Waals surface area contributed by atoms with Crippen molar-refractivity contribution in [2.75, 3.05) is 6.61 Å². The Hall–Kier alpha value is -1.09. The number of hydrogen-bond donors (Lipinski definition) is 1. The topological polar surface area (TPSA) is 35.2 Å². The van der Waals surface area contributed by atoms with Gasteiger partial charge in [0.15, 0.2) is 0 Å². The summed E-state index contributed by atoms with van der Waals surface area (Å²) in [7, 11) is 0. The summed E-state index contributed by atoms with van der Waals surface area (Å²) in [5.41, 5.74) is 5.98. The van der Waals surface area contributed by atoms with Crippen molar-refractivity contribution in [3.63, 3.8) is 0 Å². The Morgan fingerprint density at radius 1 is 1.29 bits per heavy atom. The van der Waals surface area contributed by atoms with Crippen LogP contribution in [0.15, 0.2) is 18.2 Å². The monoisotopic (exact) mass is 239 g/mol. The number of benzene rings is 1. The molecule has 0 amide bonds. The van der Waals surface area contributed by atoms with Gasteiger partial charge in [0.2, 0.25) is 0 Å². The van der Waals surface area contributed by atoms with Gasteiger partial charge in [0, 0.05) is 12.1 Å². The maximum Gasteiger partial charge on any atom is 0.131 e. The van der Waals surface area contributed by atoms with Gasteiger partial charge in [0.25, 0.3) is 0 Å². The van der Waals surface area contributed by atoms with Gasteiger partial charge < -0.3 is 10.5 Å². The van der Waals surface area contributed by atoms with E-state index in [4.69, 9.17) is 10.5 Å². The molecule has 1 unspecified atom stereocenters. The van der Waals surface area contributed by atoms with E-state index in [0.717, 1.165) is 6.42 Å². The maximum atomic E-state index is 13.4. The smallest absolute Gasteiger partial charge is 0.131 e. The van der Waals surface area contributed by atoms with Crippen molar-refractivity contribution in [1.82, 2.24) is 0 Å². The van der Waals surface area contributed by atoms with E-state index >= 15 is 0 Å². The van der Waals surface area contributed by atoms with Crippen molar-refractivity contribution >= 4 is 0 Å². The Balaban J connectivity index is 2.60. The second-order valence-corrected chi connectivity index (χ2v) is 4.97. The predicted molar refractivity (Wildman–Crippen MR) is 68.4 cm³/mol. The molecule has 17 heavy (non-hydrogen) atoms. The summed E-state index contributed by atoms with van der Waals surface area (Å²) in [6.45, 7) is 7.28. The quantitative estimate of drug-likeness (QED) is 0.826. The molecule has 0 heterocycles. The number of hydrogen-bond acceptors (Lipinski definition) is 2. The zero-order valence-corrected chi connectivity index (χ0v) is 10.9. The van der Waals surface area contributed by atoms with Gasteiger partial charge in [-0.1, -0.05) is 26.8 Å². The van der Waals surface area contributed by atoms with Crippen LogP contribution in [0.1, 0.15) is 32.8 Å². The summed E-state index contributed by atoms with van der Waals surface area (Å²) in [6.07, 6.45) is 1.10. The fourth-order valence-corrected chi connectivity index (χ4v) is 1.98. The number of ether oxygens (including phenoxy) is 1. The van der Waals surface area contributed by atoms with Crippen LogP contribution >= 0.6 is 0 Å². The molecular formula is C14H22FNO. The van der Waals surface area contributed by atoms with E-state index in [1.165, 1.54) is 6.07 Å². The second-order valence-electron chi connectivity index (χ2n) is 4.97. The lowest BCUT2D eigenvalue weighted by Gasteiger charge is -2.16. The fraction of sp³-hybridized carbons (Fsp3) is 0.571. The first-order chi connectivity index (χ1) is 8.04. The third-order valence-electron chi connectivity index (χ3n) is 2.68. The third kappa shape index (κ3) is 4.35. The molecule has 2 nitrogen and oxygen atoms in total. The van der Waals surface area contributed by atoms with Crippen molar-refractivity contribution in [3.05, 3.63) is 29.6 Å². The van der Waals surface area contributed by atoms with E-state index in [2.05, 4.69) is 20.8 Å². The second kappa shape index (κ2) is 6.60. The van der Waals surface area contributed by atoms with E-state index in [1.807, 2.05) is 0 Å². The van der Waals surface area contributed by atoms with Crippen LogP contribution in [0, 0.1) is 17.7 Å². The van der Waals surface area contributed by atoms with Gasteiger partial charge in [-0.25, -0.2) is 4.39 Å². The highest BCUT2D eigenvalue weighted by atomic mass is 19.1. The van der Waals surface area contributed by atoms with Gasteiger partial charge in [-0.3, -0.25) is 0 Å².